The summed E-state index contributed by atoms with van der Waals surface area (Å²) in [6, 6.07) is 8.98. The second kappa shape index (κ2) is 5.16. The third-order valence-corrected chi connectivity index (χ3v) is 3.66. The maximum absolute atomic E-state index is 5.53. The topological polar surface area (TPSA) is 21.3 Å². The first-order valence-electron chi connectivity index (χ1n) is 5.38. The number of rotatable bonds is 2. The zero-order valence-corrected chi connectivity index (χ0v) is 11.0. The standard InChI is InChI=1S/C12H16INO/c1-9-8-10(6-7-15-9)14-12-5-3-2-4-11(12)13/h2-5,9-10,14H,6-8H2,1H3. The van der Waals surface area contributed by atoms with E-state index in [1.165, 1.54) is 9.26 Å². The number of hydrogen-bond donors (Lipinski definition) is 1. The smallest absolute Gasteiger partial charge is 0.0566 e. The van der Waals surface area contributed by atoms with E-state index in [1.807, 2.05) is 0 Å². The van der Waals surface area contributed by atoms with Gasteiger partial charge in [0.15, 0.2) is 0 Å². The van der Waals surface area contributed by atoms with Crippen molar-refractivity contribution in [2.24, 2.45) is 0 Å². The van der Waals surface area contributed by atoms with E-state index in [4.69, 9.17) is 4.74 Å². The quantitative estimate of drug-likeness (QED) is 0.846. The van der Waals surface area contributed by atoms with Crippen molar-refractivity contribution in [2.75, 3.05) is 11.9 Å². The molecule has 2 unspecified atom stereocenters. The first-order valence-corrected chi connectivity index (χ1v) is 6.46. The van der Waals surface area contributed by atoms with Gasteiger partial charge in [-0.3, -0.25) is 0 Å². The summed E-state index contributed by atoms with van der Waals surface area (Å²) < 4.78 is 6.82. The SMILES string of the molecule is CC1CC(Nc2ccccc2I)CCO1. The fourth-order valence-corrected chi connectivity index (χ4v) is 2.47. The molecule has 0 aliphatic carbocycles. The highest BCUT2D eigenvalue weighted by Gasteiger charge is 2.19. The summed E-state index contributed by atoms with van der Waals surface area (Å²) in [6.45, 7) is 3.02. The van der Waals surface area contributed by atoms with Crippen molar-refractivity contribution in [1.82, 2.24) is 0 Å². The minimum Gasteiger partial charge on any atom is -0.381 e. The summed E-state index contributed by atoms with van der Waals surface area (Å²) >= 11 is 2.37. The average molecular weight is 317 g/mol. The van der Waals surface area contributed by atoms with Crippen LogP contribution in [0.25, 0.3) is 0 Å². The fourth-order valence-electron chi connectivity index (χ4n) is 1.93. The van der Waals surface area contributed by atoms with Crippen LogP contribution in [0.1, 0.15) is 19.8 Å². The second-order valence-corrected chi connectivity index (χ2v) is 5.19. The average Bonchev–Trinajstić information content (AvgIpc) is 2.22. The minimum atomic E-state index is 0.387. The molecule has 0 aromatic heterocycles. The normalized spacial score (nSPS) is 26.3. The van der Waals surface area contributed by atoms with Crippen molar-refractivity contribution in [2.45, 2.75) is 31.9 Å². The molecule has 15 heavy (non-hydrogen) atoms. The summed E-state index contributed by atoms with van der Waals surface area (Å²) in [6.07, 6.45) is 2.60. The highest BCUT2D eigenvalue weighted by molar-refractivity contribution is 14.1. The van der Waals surface area contributed by atoms with E-state index in [0.29, 0.717) is 12.1 Å². The number of benzene rings is 1. The van der Waals surface area contributed by atoms with Gasteiger partial charge in [-0.1, -0.05) is 12.1 Å². The summed E-state index contributed by atoms with van der Waals surface area (Å²) in [5.74, 6) is 0. The lowest BCUT2D eigenvalue weighted by Gasteiger charge is -2.29. The Morgan fingerprint density at radius 3 is 2.93 bits per heavy atom. The monoisotopic (exact) mass is 317 g/mol. The summed E-state index contributed by atoms with van der Waals surface area (Å²) in [5, 5.41) is 3.59. The molecule has 2 nitrogen and oxygen atoms in total. The predicted molar refractivity (Wildman–Crippen MR) is 71.2 cm³/mol. The second-order valence-electron chi connectivity index (χ2n) is 4.03. The van der Waals surface area contributed by atoms with E-state index >= 15 is 0 Å². The highest BCUT2D eigenvalue weighted by Crippen LogP contribution is 2.22. The van der Waals surface area contributed by atoms with E-state index in [0.717, 1.165) is 19.4 Å². The van der Waals surface area contributed by atoms with Crippen LogP contribution < -0.4 is 5.32 Å². The van der Waals surface area contributed by atoms with E-state index in [2.05, 4.69) is 59.1 Å². The van der Waals surface area contributed by atoms with Crippen LogP contribution in [0, 0.1) is 3.57 Å². The molecule has 0 spiro atoms. The van der Waals surface area contributed by atoms with Crippen molar-refractivity contribution < 1.29 is 4.74 Å². The van der Waals surface area contributed by atoms with Gasteiger partial charge >= 0.3 is 0 Å². The van der Waals surface area contributed by atoms with Crippen LogP contribution in [-0.2, 0) is 4.74 Å². The van der Waals surface area contributed by atoms with Gasteiger partial charge in [0.1, 0.15) is 0 Å². The van der Waals surface area contributed by atoms with Crippen molar-refractivity contribution in [1.29, 1.82) is 0 Å². The Kier molecular flexibility index (Phi) is 3.86. The van der Waals surface area contributed by atoms with E-state index in [-0.39, 0.29) is 0 Å². The van der Waals surface area contributed by atoms with Crippen LogP contribution in [0.2, 0.25) is 0 Å². The van der Waals surface area contributed by atoms with Gasteiger partial charge in [-0.15, -0.1) is 0 Å². The van der Waals surface area contributed by atoms with Gasteiger partial charge in [0.05, 0.1) is 6.10 Å². The van der Waals surface area contributed by atoms with Gasteiger partial charge in [0.25, 0.3) is 0 Å². The molecule has 1 aromatic carbocycles. The number of ether oxygens (including phenoxy) is 1. The zero-order chi connectivity index (χ0) is 10.7. The summed E-state index contributed by atoms with van der Waals surface area (Å²) in [5.41, 5.74) is 1.25. The van der Waals surface area contributed by atoms with Crippen LogP contribution >= 0.6 is 22.6 Å². The first kappa shape index (κ1) is 11.2. The lowest BCUT2D eigenvalue weighted by atomic mass is 10.0. The Labute approximate surface area is 105 Å². The van der Waals surface area contributed by atoms with Gasteiger partial charge in [-0.05, 0) is 54.5 Å². The maximum Gasteiger partial charge on any atom is 0.0566 e. The fraction of sp³-hybridized carbons (Fsp3) is 0.500. The molecule has 1 heterocycles. The number of anilines is 1. The van der Waals surface area contributed by atoms with E-state index in [1.54, 1.807) is 0 Å². The largest absolute Gasteiger partial charge is 0.381 e. The zero-order valence-electron chi connectivity index (χ0n) is 8.87. The van der Waals surface area contributed by atoms with Gasteiger partial charge in [0, 0.05) is 21.9 Å². The Hall–Kier alpha value is -0.290. The van der Waals surface area contributed by atoms with Crippen molar-refractivity contribution in [3.63, 3.8) is 0 Å². The Bertz CT molecular complexity index is 329. The number of nitrogens with one attached hydrogen (secondary N) is 1. The van der Waals surface area contributed by atoms with Crippen molar-refractivity contribution >= 4 is 28.3 Å². The third-order valence-electron chi connectivity index (χ3n) is 2.72. The van der Waals surface area contributed by atoms with Crippen LogP contribution in [0.3, 0.4) is 0 Å². The molecule has 1 aliphatic rings. The Balaban J connectivity index is 1.99. The van der Waals surface area contributed by atoms with Crippen LogP contribution in [0.4, 0.5) is 5.69 Å². The molecule has 82 valence electrons. The van der Waals surface area contributed by atoms with Gasteiger partial charge < -0.3 is 10.1 Å². The lowest BCUT2D eigenvalue weighted by molar-refractivity contribution is 0.0232. The molecule has 1 aromatic rings. The van der Waals surface area contributed by atoms with Gasteiger partial charge in [-0.25, -0.2) is 0 Å². The summed E-state index contributed by atoms with van der Waals surface area (Å²) in [7, 11) is 0. The molecule has 0 saturated carbocycles. The molecule has 2 rings (SSSR count). The van der Waals surface area contributed by atoms with Crippen molar-refractivity contribution in [3.05, 3.63) is 27.8 Å². The van der Waals surface area contributed by atoms with E-state index < -0.39 is 0 Å². The Morgan fingerprint density at radius 2 is 2.20 bits per heavy atom. The molecule has 0 radical (unpaired) electrons. The first-order chi connectivity index (χ1) is 7.25. The lowest BCUT2D eigenvalue weighted by Crippen LogP contribution is -2.32. The molecule has 1 fully saturated rings. The molecular weight excluding hydrogens is 301 g/mol. The minimum absolute atomic E-state index is 0.387. The number of hydrogen-bond acceptors (Lipinski definition) is 2. The third kappa shape index (κ3) is 3.08. The van der Waals surface area contributed by atoms with Crippen LogP contribution in [-0.4, -0.2) is 18.8 Å². The molecule has 3 heteroatoms. The van der Waals surface area contributed by atoms with Gasteiger partial charge in [-0.2, -0.15) is 0 Å². The Morgan fingerprint density at radius 1 is 1.40 bits per heavy atom. The molecule has 1 saturated heterocycles. The molecule has 0 bridgehead atoms. The van der Waals surface area contributed by atoms with Crippen LogP contribution in [0.5, 0.6) is 0 Å². The van der Waals surface area contributed by atoms with Crippen molar-refractivity contribution in [3.8, 4) is 0 Å². The number of para-hydroxylation sites is 1. The predicted octanol–water partition coefficient (Wildman–Crippen LogP) is 3.27. The molecule has 2 atom stereocenters. The summed E-state index contributed by atoms with van der Waals surface area (Å²) in [4.78, 5) is 0. The van der Waals surface area contributed by atoms with Gasteiger partial charge in [0.2, 0.25) is 0 Å². The molecule has 0 amide bonds. The number of halogens is 1. The van der Waals surface area contributed by atoms with Crippen LogP contribution in [0.15, 0.2) is 24.3 Å². The molecule has 1 aliphatic heterocycles. The highest BCUT2D eigenvalue weighted by atomic mass is 127. The maximum atomic E-state index is 5.53. The molecular formula is C12H16INO. The molecule has 1 N–H and O–H groups in total. The van der Waals surface area contributed by atoms with E-state index in [9.17, 15) is 0 Å².